The molecular formula is C22H22O4. The van der Waals surface area contributed by atoms with Crippen LogP contribution >= 0.6 is 0 Å². The molecule has 2 aromatic carbocycles. The maximum atomic E-state index is 12.5. The number of Topliss-reactive ketones (excluding diaryl/α,β-unsaturated/α-hetero) is 1. The van der Waals surface area contributed by atoms with E-state index in [9.17, 15) is 9.59 Å². The van der Waals surface area contributed by atoms with Gasteiger partial charge in [0.1, 0.15) is 11.5 Å². The molecule has 4 heteroatoms. The first-order valence-corrected chi connectivity index (χ1v) is 8.67. The molecule has 0 N–H and O–H groups in total. The van der Waals surface area contributed by atoms with Gasteiger partial charge >= 0.3 is 5.97 Å². The van der Waals surface area contributed by atoms with Crippen LogP contribution < -0.4 is 9.47 Å². The van der Waals surface area contributed by atoms with Crippen molar-refractivity contribution in [3.05, 3.63) is 64.9 Å². The normalized spacial score (nSPS) is 14.9. The topological polar surface area (TPSA) is 52.6 Å². The van der Waals surface area contributed by atoms with Gasteiger partial charge in [-0.15, -0.1) is 0 Å². The Hall–Kier alpha value is -2.88. The third-order valence-corrected chi connectivity index (χ3v) is 4.24. The zero-order valence-electron chi connectivity index (χ0n) is 15.5. The van der Waals surface area contributed by atoms with Crippen molar-refractivity contribution in [2.75, 3.05) is 0 Å². The number of ketones is 1. The molecule has 0 radical (unpaired) electrons. The van der Waals surface area contributed by atoms with Crippen molar-refractivity contribution < 1.29 is 19.1 Å². The summed E-state index contributed by atoms with van der Waals surface area (Å²) in [7, 11) is 0. The molecule has 0 aliphatic carbocycles. The molecule has 1 aliphatic heterocycles. The van der Waals surface area contributed by atoms with Crippen LogP contribution in [0.4, 0.5) is 0 Å². The van der Waals surface area contributed by atoms with Crippen molar-refractivity contribution in [1.82, 2.24) is 0 Å². The Morgan fingerprint density at radius 1 is 1.12 bits per heavy atom. The van der Waals surface area contributed by atoms with Crippen molar-refractivity contribution in [3.63, 3.8) is 0 Å². The van der Waals surface area contributed by atoms with Gasteiger partial charge in [0, 0.05) is 12.5 Å². The summed E-state index contributed by atoms with van der Waals surface area (Å²) in [5.74, 6) is 0.549. The summed E-state index contributed by atoms with van der Waals surface area (Å²) in [6.45, 7) is 8.19. The van der Waals surface area contributed by atoms with Crippen molar-refractivity contribution in [1.29, 1.82) is 0 Å². The van der Waals surface area contributed by atoms with E-state index in [1.165, 1.54) is 5.56 Å². The molecule has 26 heavy (non-hydrogen) atoms. The molecule has 0 atom stereocenters. The third kappa shape index (κ3) is 3.69. The number of ether oxygens (including phenoxy) is 2. The second-order valence-electron chi connectivity index (χ2n) is 7.30. The van der Waals surface area contributed by atoms with Gasteiger partial charge in [-0.25, -0.2) is 0 Å². The van der Waals surface area contributed by atoms with E-state index < -0.39 is 0 Å². The van der Waals surface area contributed by atoms with Gasteiger partial charge in [0.15, 0.2) is 5.76 Å². The fraction of sp³-hybridized carbons (Fsp3) is 0.273. The Labute approximate surface area is 153 Å². The highest BCUT2D eigenvalue weighted by Crippen LogP contribution is 2.35. The molecule has 1 heterocycles. The fourth-order valence-electron chi connectivity index (χ4n) is 2.67. The van der Waals surface area contributed by atoms with Crippen LogP contribution in [0.2, 0.25) is 0 Å². The predicted molar refractivity (Wildman–Crippen MR) is 100 cm³/mol. The zero-order chi connectivity index (χ0) is 18.9. The van der Waals surface area contributed by atoms with E-state index in [0.29, 0.717) is 17.1 Å². The number of rotatable bonds is 3. The lowest BCUT2D eigenvalue weighted by molar-refractivity contribution is -0.134. The van der Waals surface area contributed by atoms with Crippen molar-refractivity contribution >= 4 is 17.8 Å². The number of benzene rings is 2. The molecule has 0 bridgehead atoms. The summed E-state index contributed by atoms with van der Waals surface area (Å²) in [6, 6.07) is 12.9. The number of esters is 1. The number of hydrogen-bond donors (Lipinski definition) is 0. The van der Waals surface area contributed by atoms with Gasteiger partial charge in [-0.1, -0.05) is 52.0 Å². The highest BCUT2D eigenvalue weighted by atomic mass is 16.5. The number of hydrogen-bond acceptors (Lipinski definition) is 4. The van der Waals surface area contributed by atoms with Gasteiger partial charge in [-0.2, -0.15) is 0 Å². The smallest absolute Gasteiger partial charge is 0.310 e. The summed E-state index contributed by atoms with van der Waals surface area (Å²) in [5, 5.41) is 0. The van der Waals surface area contributed by atoms with Gasteiger partial charge in [0.2, 0.25) is 5.78 Å². The zero-order valence-corrected chi connectivity index (χ0v) is 15.5. The van der Waals surface area contributed by atoms with Crippen molar-refractivity contribution in [2.45, 2.75) is 39.5 Å². The van der Waals surface area contributed by atoms with Gasteiger partial charge in [0.25, 0.3) is 0 Å². The van der Waals surface area contributed by atoms with Gasteiger partial charge in [-0.05, 0) is 34.8 Å². The molecule has 0 unspecified atom stereocenters. The van der Waals surface area contributed by atoms with E-state index in [1.54, 1.807) is 31.2 Å². The minimum atomic E-state index is -0.330. The second kappa shape index (κ2) is 6.79. The number of allylic oxidation sites excluding steroid dienone is 1. The van der Waals surface area contributed by atoms with E-state index in [2.05, 4.69) is 32.9 Å². The largest absolute Gasteiger partial charge is 0.452 e. The molecule has 0 saturated carbocycles. The highest BCUT2D eigenvalue weighted by molar-refractivity contribution is 6.14. The Bertz CT molecular complexity index is 883. The quantitative estimate of drug-likeness (QED) is 0.448. The van der Waals surface area contributed by atoms with Crippen molar-refractivity contribution in [2.24, 2.45) is 0 Å². The van der Waals surface area contributed by atoms with Crippen LogP contribution in [0.1, 0.15) is 55.6 Å². The van der Waals surface area contributed by atoms with Crippen molar-refractivity contribution in [3.8, 4) is 11.5 Å². The molecule has 134 valence electrons. The molecule has 0 fully saturated rings. The monoisotopic (exact) mass is 350 g/mol. The van der Waals surface area contributed by atoms with Crippen LogP contribution in [0.3, 0.4) is 0 Å². The molecule has 0 saturated heterocycles. The molecule has 2 aromatic rings. The minimum Gasteiger partial charge on any atom is -0.452 e. The summed E-state index contributed by atoms with van der Waals surface area (Å²) >= 11 is 0. The Morgan fingerprint density at radius 3 is 2.42 bits per heavy atom. The van der Waals surface area contributed by atoms with Gasteiger partial charge in [-0.3, -0.25) is 9.59 Å². The average molecular weight is 350 g/mol. The standard InChI is InChI=1S/C22H22O4/c1-5-20(23)25-16-10-11-17-18(13-16)26-19(21(17)24)12-14-6-8-15(9-7-14)22(2,3)4/h6-13H,5H2,1-4H3. The van der Waals surface area contributed by atoms with E-state index in [-0.39, 0.29) is 29.3 Å². The maximum Gasteiger partial charge on any atom is 0.310 e. The van der Waals surface area contributed by atoms with Crippen LogP contribution in [0, 0.1) is 0 Å². The van der Waals surface area contributed by atoms with E-state index >= 15 is 0 Å². The molecular weight excluding hydrogens is 328 g/mol. The highest BCUT2D eigenvalue weighted by Gasteiger charge is 2.28. The summed E-state index contributed by atoms with van der Waals surface area (Å²) in [5.41, 5.74) is 2.67. The summed E-state index contributed by atoms with van der Waals surface area (Å²) < 4.78 is 10.9. The van der Waals surface area contributed by atoms with Gasteiger partial charge < -0.3 is 9.47 Å². The SMILES string of the molecule is CCC(=O)Oc1ccc2c(c1)OC(=Cc1ccc(C(C)(C)C)cc1)C2=O. The Morgan fingerprint density at radius 2 is 1.81 bits per heavy atom. The number of carbonyl (C=O) groups is 2. The first-order valence-electron chi connectivity index (χ1n) is 8.67. The fourth-order valence-corrected chi connectivity index (χ4v) is 2.67. The van der Waals surface area contributed by atoms with Crippen LogP contribution in [-0.4, -0.2) is 11.8 Å². The molecule has 0 aromatic heterocycles. The van der Waals surface area contributed by atoms with E-state index in [0.717, 1.165) is 5.56 Å². The number of fused-ring (bicyclic) bond motifs is 1. The first kappa shape index (κ1) is 17.9. The summed E-state index contributed by atoms with van der Waals surface area (Å²) in [4.78, 5) is 23.9. The Balaban J connectivity index is 1.83. The van der Waals surface area contributed by atoms with E-state index in [1.807, 2.05) is 12.1 Å². The van der Waals surface area contributed by atoms with Crippen LogP contribution in [-0.2, 0) is 10.2 Å². The lowest BCUT2D eigenvalue weighted by atomic mass is 9.86. The maximum absolute atomic E-state index is 12.5. The minimum absolute atomic E-state index is 0.0773. The molecule has 0 amide bonds. The van der Waals surface area contributed by atoms with Gasteiger partial charge in [0.05, 0.1) is 5.56 Å². The number of carbonyl (C=O) groups excluding carboxylic acids is 2. The third-order valence-electron chi connectivity index (χ3n) is 4.24. The van der Waals surface area contributed by atoms with E-state index in [4.69, 9.17) is 9.47 Å². The second-order valence-corrected chi connectivity index (χ2v) is 7.30. The Kier molecular flexibility index (Phi) is 4.68. The van der Waals surface area contributed by atoms with Crippen LogP contribution in [0.15, 0.2) is 48.2 Å². The predicted octanol–water partition coefficient (Wildman–Crippen LogP) is 4.92. The van der Waals surface area contributed by atoms with Crippen LogP contribution in [0.25, 0.3) is 6.08 Å². The lowest BCUT2D eigenvalue weighted by Gasteiger charge is -2.18. The molecule has 1 aliphatic rings. The molecule has 3 rings (SSSR count). The lowest BCUT2D eigenvalue weighted by Crippen LogP contribution is -2.10. The van der Waals surface area contributed by atoms with Crippen LogP contribution in [0.5, 0.6) is 11.5 Å². The molecule has 4 nitrogen and oxygen atoms in total. The average Bonchev–Trinajstić information content (AvgIpc) is 2.90. The first-order chi connectivity index (χ1) is 12.3. The summed E-state index contributed by atoms with van der Waals surface area (Å²) in [6.07, 6.45) is 2.01. The molecule has 0 spiro atoms.